The number of ether oxygens (including phenoxy) is 2. The minimum atomic E-state index is -1.49. The molecule has 4 aliphatic carbocycles. The molecule has 1 aromatic rings. The third-order valence-corrected chi connectivity index (χ3v) is 9.37. The van der Waals surface area contributed by atoms with Gasteiger partial charge in [-0.2, -0.15) is 0 Å². The van der Waals surface area contributed by atoms with Gasteiger partial charge in [-0.1, -0.05) is 20.8 Å². The van der Waals surface area contributed by atoms with Crippen molar-refractivity contribution in [2.45, 2.75) is 84.0 Å². The molecule has 8 atom stereocenters. The fourth-order valence-corrected chi connectivity index (χ4v) is 8.13. The van der Waals surface area contributed by atoms with Crippen LogP contribution >= 0.6 is 0 Å². The molecule has 7 heteroatoms. The van der Waals surface area contributed by atoms with Gasteiger partial charge in [0.05, 0.1) is 6.26 Å². The van der Waals surface area contributed by atoms with E-state index in [1.807, 2.05) is 26.8 Å². The number of hydrogen-bond acceptors (Lipinski definition) is 7. The highest BCUT2D eigenvalue weighted by Crippen LogP contribution is 2.71. The fraction of sp³-hybridized carbons (Fsp3) is 0.720. The number of aliphatic hydroxyl groups is 1. The minimum absolute atomic E-state index is 0.0946. The number of carbonyl (C=O) groups excluding carboxylic acids is 3. The average Bonchev–Trinajstić information content (AvgIpc) is 3.29. The van der Waals surface area contributed by atoms with Gasteiger partial charge in [-0.3, -0.25) is 14.4 Å². The highest BCUT2D eigenvalue weighted by molar-refractivity contribution is 5.89. The molecular formula is C25H32O7. The summed E-state index contributed by atoms with van der Waals surface area (Å²) in [6, 6.07) is 1.87. The molecule has 0 radical (unpaired) electrons. The zero-order chi connectivity index (χ0) is 23.2. The van der Waals surface area contributed by atoms with Crippen LogP contribution in [0.15, 0.2) is 16.7 Å². The van der Waals surface area contributed by atoms with Crippen molar-refractivity contribution in [2.75, 3.05) is 0 Å². The van der Waals surface area contributed by atoms with Gasteiger partial charge in [0.15, 0.2) is 0 Å². The van der Waals surface area contributed by atoms with Crippen LogP contribution in [0.25, 0.3) is 0 Å². The number of carbonyl (C=O) groups is 3. The van der Waals surface area contributed by atoms with Crippen molar-refractivity contribution in [1.29, 1.82) is 0 Å². The van der Waals surface area contributed by atoms with Gasteiger partial charge < -0.3 is 19.0 Å². The van der Waals surface area contributed by atoms with E-state index < -0.39 is 40.6 Å². The highest BCUT2D eigenvalue weighted by Gasteiger charge is 2.78. The van der Waals surface area contributed by atoms with Crippen molar-refractivity contribution in [3.8, 4) is 0 Å². The van der Waals surface area contributed by atoms with E-state index in [0.717, 1.165) is 11.3 Å². The van der Waals surface area contributed by atoms with Crippen LogP contribution in [0, 0.1) is 28.6 Å². The molecule has 1 N–H and O–H groups in total. The normalized spacial score (nSPS) is 43.6. The van der Waals surface area contributed by atoms with Gasteiger partial charge in [0.2, 0.25) is 0 Å². The number of ketones is 1. The Morgan fingerprint density at radius 3 is 2.47 bits per heavy atom. The van der Waals surface area contributed by atoms with Gasteiger partial charge in [-0.25, -0.2) is 0 Å². The van der Waals surface area contributed by atoms with E-state index in [-0.39, 0.29) is 35.9 Å². The number of Topliss-reactive ketones (excluding diaryl/α,β-unsaturated/α-hetero) is 1. The predicted molar refractivity (Wildman–Crippen MR) is 112 cm³/mol. The number of esters is 2. The first-order valence-electron chi connectivity index (χ1n) is 11.6. The molecule has 32 heavy (non-hydrogen) atoms. The van der Waals surface area contributed by atoms with Crippen LogP contribution in [0.2, 0.25) is 0 Å². The Bertz CT molecular complexity index is 992. The predicted octanol–water partition coefficient (Wildman–Crippen LogP) is 3.18. The molecule has 5 rings (SSSR count). The molecule has 8 unspecified atom stereocenters. The maximum absolute atomic E-state index is 13.3. The lowest BCUT2D eigenvalue weighted by Crippen LogP contribution is -2.78. The first kappa shape index (κ1) is 21.7. The zero-order valence-corrected chi connectivity index (χ0v) is 19.3. The smallest absolute Gasteiger partial charge is 0.303 e. The van der Waals surface area contributed by atoms with Gasteiger partial charge in [-0.15, -0.1) is 0 Å². The van der Waals surface area contributed by atoms with Gasteiger partial charge in [0.1, 0.15) is 29.4 Å². The van der Waals surface area contributed by atoms with Crippen molar-refractivity contribution >= 4 is 17.7 Å². The molecule has 0 saturated heterocycles. The summed E-state index contributed by atoms with van der Waals surface area (Å²) in [6.07, 6.45) is 2.19. The number of hydrogen-bond donors (Lipinski definition) is 1. The lowest BCUT2D eigenvalue weighted by Gasteiger charge is -2.69. The Labute approximate surface area is 187 Å². The number of fused-ring (bicyclic) bond motifs is 4. The average molecular weight is 445 g/mol. The molecular weight excluding hydrogens is 412 g/mol. The van der Waals surface area contributed by atoms with E-state index in [1.165, 1.54) is 13.8 Å². The first-order chi connectivity index (χ1) is 14.9. The van der Waals surface area contributed by atoms with Crippen LogP contribution in [0.3, 0.4) is 0 Å². The SMILES string of the molecule is CC(=O)OC1CCC(C)(C)C2(O)C(OC(C)=O)C3CC(=O)C4c5ccoc5CC(C43)C12C. The largest absolute Gasteiger partial charge is 0.469 e. The van der Waals surface area contributed by atoms with Gasteiger partial charge in [0.25, 0.3) is 0 Å². The van der Waals surface area contributed by atoms with Crippen LogP contribution in [-0.4, -0.2) is 40.6 Å². The molecule has 3 saturated carbocycles. The topological polar surface area (TPSA) is 103 Å². The van der Waals surface area contributed by atoms with E-state index in [2.05, 4.69) is 0 Å². The van der Waals surface area contributed by atoms with Crippen LogP contribution in [-0.2, 0) is 30.3 Å². The first-order valence-corrected chi connectivity index (χ1v) is 11.6. The lowest BCUT2D eigenvalue weighted by atomic mass is 9.38. The van der Waals surface area contributed by atoms with Crippen LogP contribution in [0.5, 0.6) is 0 Å². The monoisotopic (exact) mass is 444 g/mol. The molecule has 0 amide bonds. The van der Waals surface area contributed by atoms with Crippen molar-refractivity contribution in [1.82, 2.24) is 0 Å². The third-order valence-electron chi connectivity index (χ3n) is 9.37. The van der Waals surface area contributed by atoms with Crippen molar-refractivity contribution < 1.29 is 33.4 Å². The third kappa shape index (κ3) is 2.49. The summed E-state index contributed by atoms with van der Waals surface area (Å²) in [5.41, 5.74) is -2.15. The Morgan fingerprint density at radius 2 is 1.81 bits per heavy atom. The maximum Gasteiger partial charge on any atom is 0.303 e. The van der Waals surface area contributed by atoms with Crippen LogP contribution < -0.4 is 0 Å². The van der Waals surface area contributed by atoms with E-state index in [9.17, 15) is 19.5 Å². The summed E-state index contributed by atoms with van der Waals surface area (Å²) in [4.78, 5) is 37.7. The van der Waals surface area contributed by atoms with E-state index in [0.29, 0.717) is 19.3 Å². The summed E-state index contributed by atoms with van der Waals surface area (Å²) >= 11 is 0. The van der Waals surface area contributed by atoms with Crippen molar-refractivity contribution in [3.63, 3.8) is 0 Å². The van der Waals surface area contributed by atoms with Gasteiger partial charge in [0, 0.05) is 49.5 Å². The van der Waals surface area contributed by atoms with Crippen molar-refractivity contribution in [2.24, 2.45) is 28.6 Å². The Morgan fingerprint density at radius 1 is 1.12 bits per heavy atom. The second-order valence-electron chi connectivity index (χ2n) is 11.1. The quantitative estimate of drug-likeness (QED) is 0.699. The molecule has 0 aliphatic heterocycles. The molecule has 174 valence electrons. The molecule has 4 aliphatic rings. The molecule has 7 nitrogen and oxygen atoms in total. The second-order valence-corrected chi connectivity index (χ2v) is 11.1. The molecule has 0 bridgehead atoms. The van der Waals surface area contributed by atoms with Gasteiger partial charge in [-0.05, 0) is 36.2 Å². The summed E-state index contributed by atoms with van der Waals surface area (Å²) < 4.78 is 17.6. The zero-order valence-electron chi connectivity index (χ0n) is 19.3. The highest BCUT2D eigenvalue weighted by atomic mass is 16.6. The lowest BCUT2D eigenvalue weighted by molar-refractivity contribution is -0.327. The summed E-state index contributed by atoms with van der Waals surface area (Å²) in [5.74, 6) is -0.949. The van der Waals surface area contributed by atoms with Gasteiger partial charge >= 0.3 is 11.9 Å². The molecule has 3 fully saturated rings. The molecule has 1 aromatic heterocycles. The Hall–Kier alpha value is -2.15. The summed E-state index contributed by atoms with van der Waals surface area (Å²) in [7, 11) is 0. The van der Waals surface area contributed by atoms with E-state index in [1.54, 1.807) is 6.26 Å². The second kappa shape index (κ2) is 6.69. The maximum atomic E-state index is 13.3. The van der Waals surface area contributed by atoms with E-state index >= 15 is 0 Å². The van der Waals surface area contributed by atoms with Crippen LogP contribution in [0.4, 0.5) is 0 Å². The Kier molecular flexibility index (Phi) is 4.53. The standard InChI is InChI=1S/C25H32O7/c1-12(26)31-19-6-8-23(3,4)25(29)22(32-13(2)27)15-10-17(28)21-14-7-9-30-18(14)11-16(20(15)21)24(19,25)5/h7,9,15-16,19-22,29H,6,8,10-11H2,1-5H3. The number of rotatable bonds is 2. The minimum Gasteiger partial charge on any atom is -0.469 e. The van der Waals surface area contributed by atoms with Crippen LogP contribution in [0.1, 0.15) is 71.1 Å². The molecule has 1 heterocycles. The summed E-state index contributed by atoms with van der Waals surface area (Å²) in [6.45, 7) is 8.66. The van der Waals surface area contributed by atoms with E-state index in [4.69, 9.17) is 13.9 Å². The molecule has 0 spiro atoms. The number of furan rings is 1. The van der Waals surface area contributed by atoms with Crippen molar-refractivity contribution in [3.05, 3.63) is 23.7 Å². The fourth-order valence-electron chi connectivity index (χ4n) is 8.13. The Balaban J connectivity index is 1.77. The molecule has 0 aromatic carbocycles. The summed E-state index contributed by atoms with van der Waals surface area (Å²) in [5, 5.41) is 12.7.